The highest BCUT2D eigenvalue weighted by Gasteiger charge is 1.98. The fourth-order valence-corrected chi connectivity index (χ4v) is 1.52. The quantitative estimate of drug-likeness (QED) is 0.514. The first kappa shape index (κ1) is 6.60. The minimum atomic E-state index is 0.888. The van der Waals surface area contributed by atoms with Gasteiger partial charge in [0.25, 0.3) is 0 Å². The summed E-state index contributed by atoms with van der Waals surface area (Å²) in [4.78, 5) is 8.47. The summed E-state index contributed by atoms with van der Waals surface area (Å²) in [5, 5.41) is 0. The van der Waals surface area contributed by atoms with Gasteiger partial charge in [-0.25, -0.2) is 4.98 Å². The first-order valence-electron chi connectivity index (χ1n) is 4.12. The molecule has 3 heteroatoms. The van der Waals surface area contributed by atoms with Crippen molar-refractivity contribution in [3.8, 4) is 0 Å². The third-order valence-electron chi connectivity index (χ3n) is 2.13. The summed E-state index contributed by atoms with van der Waals surface area (Å²) in [6, 6.07) is 8.02. The molecule has 1 aromatic carbocycles. The van der Waals surface area contributed by atoms with Crippen LogP contribution in [0.5, 0.6) is 0 Å². The standard InChI is InChI=1S/C10H7N3/c1-2-4-9-8(3-1)12-7-10-11-5-6-13(9)10/h1-7H. The second-order valence-corrected chi connectivity index (χ2v) is 2.90. The lowest BCUT2D eigenvalue weighted by Gasteiger charge is -1.98. The zero-order valence-electron chi connectivity index (χ0n) is 6.88. The Balaban J connectivity index is 2.65. The molecule has 0 bridgehead atoms. The lowest BCUT2D eigenvalue weighted by molar-refractivity contribution is 1.21. The van der Waals surface area contributed by atoms with Crippen molar-refractivity contribution < 1.29 is 0 Å². The Morgan fingerprint density at radius 3 is 3.00 bits per heavy atom. The molecule has 0 radical (unpaired) electrons. The number of nitrogens with zero attached hydrogens (tertiary/aromatic N) is 3. The van der Waals surface area contributed by atoms with Crippen molar-refractivity contribution in [2.24, 2.45) is 0 Å². The van der Waals surface area contributed by atoms with E-state index in [2.05, 4.69) is 9.97 Å². The van der Waals surface area contributed by atoms with Gasteiger partial charge in [-0.3, -0.25) is 9.38 Å². The van der Waals surface area contributed by atoms with Gasteiger partial charge in [-0.1, -0.05) is 12.1 Å². The van der Waals surface area contributed by atoms with Crippen LogP contribution < -0.4 is 0 Å². The second-order valence-electron chi connectivity index (χ2n) is 2.90. The summed E-state index contributed by atoms with van der Waals surface area (Å²) in [6.45, 7) is 0. The fraction of sp³-hybridized carbons (Fsp3) is 0. The van der Waals surface area contributed by atoms with Gasteiger partial charge in [0.2, 0.25) is 0 Å². The number of hydrogen-bond donors (Lipinski definition) is 0. The molecule has 0 unspecified atom stereocenters. The topological polar surface area (TPSA) is 30.2 Å². The lowest BCUT2D eigenvalue weighted by atomic mass is 10.3. The molecular formula is C10H7N3. The van der Waals surface area contributed by atoms with Crippen LogP contribution in [0.25, 0.3) is 16.7 Å². The molecule has 0 amide bonds. The number of fused-ring (bicyclic) bond motifs is 3. The summed E-state index contributed by atoms with van der Waals surface area (Å²) in [5.74, 6) is 0. The molecule has 0 spiro atoms. The molecule has 3 aromatic rings. The van der Waals surface area contributed by atoms with E-state index in [0.717, 1.165) is 16.7 Å². The Labute approximate surface area is 74.7 Å². The minimum absolute atomic E-state index is 0.888. The van der Waals surface area contributed by atoms with Crippen molar-refractivity contribution in [3.63, 3.8) is 0 Å². The lowest BCUT2D eigenvalue weighted by Crippen LogP contribution is -1.88. The smallest absolute Gasteiger partial charge is 0.155 e. The number of aromatic nitrogens is 3. The molecule has 13 heavy (non-hydrogen) atoms. The summed E-state index contributed by atoms with van der Waals surface area (Å²) >= 11 is 0. The third kappa shape index (κ3) is 0.839. The van der Waals surface area contributed by atoms with E-state index in [-0.39, 0.29) is 0 Å². The van der Waals surface area contributed by atoms with E-state index in [9.17, 15) is 0 Å². The Bertz CT molecular complexity index is 568. The van der Waals surface area contributed by atoms with E-state index in [4.69, 9.17) is 0 Å². The van der Waals surface area contributed by atoms with Crippen LogP contribution in [-0.2, 0) is 0 Å². The normalized spacial score (nSPS) is 11.1. The maximum atomic E-state index is 4.30. The van der Waals surface area contributed by atoms with Crippen molar-refractivity contribution in [2.45, 2.75) is 0 Å². The molecule has 3 nitrogen and oxygen atoms in total. The monoisotopic (exact) mass is 169 g/mol. The average Bonchev–Trinajstić information content (AvgIpc) is 2.65. The third-order valence-corrected chi connectivity index (χ3v) is 2.13. The Morgan fingerprint density at radius 2 is 2.00 bits per heavy atom. The van der Waals surface area contributed by atoms with E-state index < -0.39 is 0 Å². The van der Waals surface area contributed by atoms with E-state index in [0.29, 0.717) is 0 Å². The maximum absolute atomic E-state index is 4.30. The summed E-state index contributed by atoms with van der Waals surface area (Å²) in [5.41, 5.74) is 2.98. The van der Waals surface area contributed by atoms with Crippen molar-refractivity contribution >= 4 is 16.7 Å². The number of benzene rings is 1. The molecule has 0 aliphatic rings. The second kappa shape index (κ2) is 2.29. The largest absolute Gasteiger partial charge is 0.297 e. The maximum Gasteiger partial charge on any atom is 0.155 e. The SMILES string of the molecule is c1ccc2c(c1)ncc1nccn12. The van der Waals surface area contributed by atoms with E-state index in [1.807, 2.05) is 34.9 Å². The van der Waals surface area contributed by atoms with Crippen LogP contribution in [0.3, 0.4) is 0 Å². The molecule has 0 atom stereocenters. The van der Waals surface area contributed by atoms with Crippen LogP contribution in [0.1, 0.15) is 0 Å². The van der Waals surface area contributed by atoms with Crippen LogP contribution in [0, 0.1) is 0 Å². The van der Waals surface area contributed by atoms with Crippen molar-refractivity contribution in [3.05, 3.63) is 42.9 Å². The van der Waals surface area contributed by atoms with Gasteiger partial charge in [-0.15, -0.1) is 0 Å². The Hall–Kier alpha value is -1.90. The van der Waals surface area contributed by atoms with E-state index in [1.165, 1.54) is 0 Å². The highest BCUT2D eigenvalue weighted by Crippen LogP contribution is 2.12. The molecule has 0 fully saturated rings. The van der Waals surface area contributed by atoms with Gasteiger partial charge < -0.3 is 0 Å². The molecule has 0 saturated heterocycles. The van der Waals surface area contributed by atoms with Crippen LogP contribution in [0.15, 0.2) is 42.9 Å². The molecular weight excluding hydrogens is 162 g/mol. The first-order valence-corrected chi connectivity index (χ1v) is 4.12. The molecule has 3 rings (SSSR count). The highest BCUT2D eigenvalue weighted by atomic mass is 15.0. The minimum Gasteiger partial charge on any atom is -0.297 e. The predicted octanol–water partition coefficient (Wildman–Crippen LogP) is 1.88. The van der Waals surface area contributed by atoms with Crippen LogP contribution >= 0.6 is 0 Å². The van der Waals surface area contributed by atoms with Gasteiger partial charge in [0, 0.05) is 12.4 Å². The predicted molar refractivity (Wildman–Crippen MR) is 50.5 cm³/mol. The molecule has 0 aliphatic carbocycles. The number of rotatable bonds is 0. The van der Waals surface area contributed by atoms with Gasteiger partial charge >= 0.3 is 0 Å². The zero-order chi connectivity index (χ0) is 8.67. The molecule has 2 aromatic heterocycles. The van der Waals surface area contributed by atoms with Crippen molar-refractivity contribution in [2.75, 3.05) is 0 Å². The van der Waals surface area contributed by atoms with Crippen molar-refractivity contribution in [1.82, 2.24) is 14.4 Å². The zero-order valence-corrected chi connectivity index (χ0v) is 6.88. The molecule has 2 heterocycles. The molecule has 62 valence electrons. The molecule has 0 N–H and O–H groups in total. The summed E-state index contributed by atoms with van der Waals surface area (Å²) in [7, 11) is 0. The van der Waals surface area contributed by atoms with E-state index >= 15 is 0 Å². The average molecular weight is 169 g/mol. The fourth-order valence-electron chi connectivity index (χ4n) is 1.52. The highest BCUT2D eigenvalue weighted by molar-refractivity contribution is 5.76. The molecule has 0 saturated carbocycles. The number of imidazole rings is 1. The van der Waals surface area contributed by atoms with Crippen LogP contribution in [0.4, 0.5) is 0 Å². The number of para-hydroxylation sites is 2. The van der Waals surface area contributed by atoms with Gasteiger partial charge in [-0.05, 0) is 12.1 Å². The van der Waals surface area contributed by atoms with Crippen LogP contribution in [-0.4, -0.2) is 14.4 Å². The van der Waals surface area contributed by atoms with Gasteiger partial charge in [0.1, 0.15) is 0 Å². The number of hydrogen-bond acceptors (Lipinski definition) is 2. The van der Waals surface area contributed by atoms with Gasteiger partial charge in [0.05, 0.1) is 17.2 Å². The summed E-state index contributed by atoms with van der Waals surface area (Å²) in [6.07, 6.45) is 5.51. The van der Waals surface area contributed by atoms with Gasteiger partial charge in [-0.2, -0.15) is 0 Å². The van der Waals surface area contributed by atoms with Crippen molar-refractivity contribution in [1.29, 1.82) is 0 Å². The molecule has 0 aliphatic heterocycles. The Kier molecular flexibility index (Phi) is 1.16. The first-order chi connectivity index (χ1) is 6.45. The summed E-state index contributed by atoms with van der Waals surface area (Å²) < 4.78 is 2.03. The van der Waals surface area contributed by atoms with E-state index in [1.54, 1.807) is 12.4 Å². The Morgan fingerprint density at radius 1 is 1.08 bits per heavy atom. The van der Waals surface area contributed by atoms with Crippen LogP contribution in [0.2, 0.25) is 0 Å². The van der Waals surface area contributed by atoms with Gasteiger partial charge in [0.15, 0.2) is 5.65 Å².